The first-order valence-corrected chi connectivity index (χ1v) is 5.39. The van der Waals surface area contributed by atoms with Crippen molar-refractivity contribution in [2.75, 3.05) is 26.2 Å². The van der Waals surface area contributed by atoms with Gasteiger partial charge in [0.25, 0.3) is 0 Å². The van der Waals surface area contributed by atoms with Crippen LogP contribution in [0.4, 0.5) is 0 Å². The van der Waals surface area contributed by atoms with Crippen LogP contribution in [0.15, 0.2) is 30.3 Å². The molecule has 0 radical (unpaired) electrons. The highest BCUT2D eigenvalue weighted by Gasteiger charge is 2.35. The molecule has 15 heavy (non-hydrogen) atoms. The minimum absolute atomic E-state index is 0.549. The molecular weight excluding hydrogens is 190 g/mol. The van der Waals surface area contributed by atoms with Crippen LogP contribution in [-0.4, -0.2) is 36.2 Å². The van der Waals surface area contributed by atoms with E-state index in [0.717, 1.165) is 18.7 Å². The van der Waals surface area contributed by atoms with E-state index < -0.39 is 5.79 Å². The van der Waals surface area contributed by atoms with Gasteiger partial charge in [-0.2, -0.15) is 0 Å². The van der Waals surface area contributed by atoms with Crippen molar-refractivity contribution in [1.29, 1.82) is 0 Å². The van der Waals surface area contributed by atoms with Gasteiger partial charge in [0, 0.05) is 12.1 Å². The van der Waals surface area contributed by atoms with Gasteiger partial charge in [0.05, 0.1) is 13.2 Å². The Morgan fingerprint density at radius 1 is 1.40 bits per heavy atom. The molecule has 1 saturated heterocycles. The van der Waals surface area contributed by atoms with Crippen LogP contribution in [0.2, 0.25) is 0 Å². The molecule has 1 atom stereocenters. The average molecular weight is 207 g/mol. The Morgan fingerprint density at radius 3 is 2.80 bits per heavy atom. The summed E-state index contributed by atoms with van der Waals surface area (Å²) in [6.07, 6.45) is 0. The number of β-amino-alcohol motifs (C(OH)–C–C–N with tert-alkyl or cyclic N) is 1. The summed E-state index contributed by atoms with van der Waals surface area (Å²) in [5, 5.41) is 10.4. The first kappa shape index (κ1) is 10.6. The number of benzene rings is 1. The summed E-state index contributed by atoms with van der Waals surface area (Å²) < 4.78 is 5.50. The van der Waals surface area contributed by atoms with Gasteiger partial charge in [0.2, 0.25) is 5.79 Å². The molecule has 82 valence electrons. The molecular formula is C12H17NO2. The SMILES string of the molecule is CCN1CCO[C@@](O)(c2ccccc2)C1. The van der Waals surface area contributed by atoms with Crippen LogP contribution in [0, 0.1) is 0 Å². The Morgan fingerprint density at radius 2 is 2.13 bits per heavy atom. The highest BCUT2D eigenvalue weighted by atomic mass is 16.6. The maximum Gasteiger partial charge on any atom is 0.205 e. The Labute approximate surface area is 90.3 Å². The fourth-order valence-corrected chi connectivity index (χ4v) is 1.91. The second-order valence-electron chi connectivity index (χ2n) is 3.87. The van der Waals surface area contributed by atoms with Gasteiger partial charge >= 0.3 is 0 Å². The van der Waals surface area contributed by atoms with E-state index in [1.807, 2.05) is 30.3 Å². The first-order chi connectivity index (χ1) is 7.24. The second kappa shape index (κ2) is 4.31. The maximum atomic E-state index is 10.4. The van der Waals surface area contributed by atoms with Gasteiger partial charge in [0.15, 0.2) is 0 Å². The number of nitrogens with zero attached hydrogens (tertiary/aromatic N) is 1. The normalized spacial score (nSPS) is 27.9. The topological polar surface area (TPSA) is 32.7 Å². The minimum Gasteiger partial charge on any atom is -0.361 e. The highest BCUT2D eigenvalue weighted by Crippen LogP contribution is 2.26. The third kappa shape index (κ3) is 2.20. The van der Waals surface area contributed by atoms with Crippen molar-refractivity contribution < 1.29 is 9.84 Å². The summed E-state index contributed by atoms with van der Waals surface area (Å²) in [7, 11) is 0. The lowest BCUT2D eigenvalue weighted by Crippen LogP contribution is -2.49. The minimum atomic E-state index is -1.13. The Hall–Kier alpha value is -0.900. The zero-order chi connectivity index (χ0) is 10.7. The number of aliphatic hydroxyl groups is 1. The molecule has 0 aliphatic carbocycles. The van der Waals surface area contributed by atoms with Crippen molar-refractivity contribution in [3.05, 3.63) is 35.9 Å². The van der Waals surface area contributed by atoms with Crippen molar-refractivity contribution in [2.24, 2.45) is 0 Å². The van der Waals surface area contributed by atoms with Gasteiger partial charge < -0.3 is 9.84 Å². The molecule has 0 amide bonds. The fraction of sp³-hybridized carbons (Fsp3) is 0.500. The van der Waals surface area contributed by atoms with Crippen molar-refractivity contribution in [2.45, 2.75) is 12.7 Å². The van der Waals surface area contributed by atoms with E-state index in [4.69, 9.17) is 4.74 Å². The van der Waals surface area contributed by atoms with Crippen molar-refractivity contribution in [3.63, 3.8) is 0 Å². The van der Waals surface area contributed by atoms with Gasteiger partial charge in [0.1, 0.15) is 0 Å². The quantitative estimate of drug-likeness (QED) is 0.790. The van der Waals surface area contributed by atoms with Crippen LogP contribution >= 0.6 is 0 Å². The molecule has 1 aromatic rings. The molecule has 1 aromatic carbocycles. The van der Waals surface area contributed by atoms with Gasteiger partial charge in [-0.15, -0.1) is 0 Å². The summed E-state index contributed by atoms with van der Waals surface area (Å²) in [4.78, 5) is 2.19. The van der Waals surface area contributed by atoms with Gasteiger partial charge in [-0.25, -0.2) is 0 Å². The summed E-state index contributed by atoms with van der Waals surface area (Å²) in [6, 6.07) is 9.58. The van der Waals surface area contributed by atoms with Crippen LogP contribution < -0.4 is 0 Å². The number of hydrogen-bond donors (Lipinski definition) is 1. The van der Waals surface area contributed by atoms with Crippen LogP contribution in [0.3, 0.4) is 0 Å². The maximum absolute atomic E-state index is 10.4. The van der Waals surface area contributed by atoms with Crippen molar-refractivity contribution in [1.82, 2.24) is 4.90 Å². The Kier molecular flexibility index (Phi) is 3.05. The molecule has 1 heterocycles. The van der Waals surface area contributed by atoms with Gasteiger partial charge in [-0.1, -0.05) is 37.3 Å². The predicted molar refractivity (Wildman–Crippen MR) is 58.4 cm³/mol. The molecule has 3 nitrogen and oxygen atoms in total. The zero-order valence-electron chi connectivity index (χ0n) is 9.02. The van der Waals surface area contributed by atoms with Gasteiger partial charge in [-0.05, 0) is 6.54 Å². The molecule has 1 N–H and O–H groups in total. The highest BCUT2D eigenvalue weighted by molar-refractivity contribution is 5.20. The zero-order valence-corrected chi connectivity index (χ0v) is 9.02. The van der Waals surface area contributed by atoms with E-state index in [1.54, 1.807) is 0 Å². The molecule has 1 aliphatic heterocycles. The monoisotopic (exact) mass is 207 g/mol. The number of ether oxygens (including phenoxy) is 1. The summed E-state index contributed by atoms with van der Waals surface area (Å²) in [5.74, 6) is -1.13. The Bertz CT molecular complexity index is 315. The fourth-order valence-electron chi connectivity index (χ4n) is 1.91. The molecule has 0 bridgehead atoms. The van der Waals surface area contributed by atoms with E-state index in [-0.39, 0.29) is 0 Å². The van der Waals surface area contributed by atoms with Crippen molar-refractivity contribution in [3.8, 4) is 0 Å². The molecule has 3 heteroatoms. The lowest BCUT2D eigenvalue weighted by molar-refractivity contribution is -0.247. The first-order valence-electron chi connectivity index (χ1n) is 5.39. The molecule has 2 rings (SSSR count). The summed E-state index contributed by atoms with van der Waals surface area (Å²) >= 11 is 0. The van der Waals surface area contributed by atoms with Crippen LogP contribution in [0.25, 0.3) is 0 Å². The average Bonchev–Trinajstić information content (AvgIpc) is 2.30. The number of likely N-dealkylation sites (N-methyl/N-ethyl adjacent to an activating group) is 1. The number of morpholine rings is 1. The lowest BCUT2D eigenvalue weighted by Gasteiger charge is -2.38. The molecule has 1 aliphatic rings. The molecule has 0 aromatic heterocycles. The Balaban J connectivity index is 2.19. The predicted octanol–water partition coefficient (Wildman–Crippen LogP) is 1.18. The standard InChI is InChI=1S/C12H17NO2/c1-2-13-8-9-15-12(14,10-13)11-6-4-3-5-7-11/h3-7,14H,2,8-10H2,1H3/t12-/m1/s1. The third-order valence-electron chi connectivity index (χ3n) is 2.86. The van der Waals surface area contributed by atoms with Gasteiger partial charge in [-0.3, -0.25) is 4.90 Å². The molecule has 0 saturated carbocycles. The summed E-state index contributed by atoms with van der Waals surface area (Å²) in [5.41, 5.74) is 0.836. The van der Waals surface area contributed by atoms with E-state index in [0.29, 0.717) is 13.2 Å². The number of rotatable bonds is 2. The van der Waals surface area contributed by atoms with Crippen LogP contribution in [0.5, 0.6) is 0 Å². The van der Waals surface area contributed by atoms with E-state index in [9.17, 15) is 5.11 Å². The van der Waals surface area contributed by atoms with E-state index >= 15 is 0 Å². The van der Waals surface area contributed by atoms with Crippen molar-refractivity contribution >= 4 is 0 Å². The number of hydrogen-bond acceptors (Lipinski definition) is 3. The lowest BCUT2D eigenvalue weighted by atomic mass is 10.0. The van der Waals surface area contributed by atoms with E-state index in [2.05, 4.69) is 11.8 Å². The molecule has 0 unspecified atom stereocenters. The third-order valence-corrected chi connectivity index (χ3v) is 2.86. The van der Waals surface area contributed by atoms with Crippen LogP contribution in [0.1, 0.15) is 12.5 Å². The molecule has 0 spiro atoms. The largest absolute Gasteiger partial charge is 0.361 e. The smallest absolute Gasteiger partial charge is 0.205 e. The van der Waals surface area contributed by atoms with Crippen LogP contribution in [-0.2, 0) is 10.5 Å². The summed E-state index contributed by atoms with van der Waals surface area (Å²) in [6.45, 7) is 5.06. The van der Waals surface area contributed by atoms with E-state index in [1.165, 1.54) is 0 Å². The second-order valence-corrected chi connectivity index (χ2v) is 3.87. The molecule has 1 fully saturated rings.